The third kappa shape index (κ3) is 4.32. The molecule has 1 N–H and O–H groups in total. The largest absolute Gasteiger partial charge is 0.343 e. The maximum atomic E-state index is 12.2. The van der Waals surface area contributed by atoms with Crippen LogP contribution >= 0.6 is 11.3 Å². The normalized spacial score (nSPS) is 22.7. The minimum absolute atomic E-state index is 0.314. The lowest BCUT2D eigenvalue weighted by molar-refractivity contribution is -0.132. The third-order valence-corrected chi connectivity index (χ3v) is 5.38. The second kappa shape index (κ2) is 7.79. The lowest BCUT2D eigenvalue weighted by Gasteiger charge is -2.34. The molecule has 20 heavy (non-hydrogen) atoms. The van der Waals surface area contributed by atoms with E-state index < -0.39 is 0 Å². The van der Waals surface area contributed by atoms with Crippen molar-refractivity contribution in [1.29, 1.82) is 0 Å². The molecule has 0 radical (unpaired) electrons. The van der Waals surface area contributed by atoms with Gasteiger partial charge in [0.05, 0.1) is 0 Å². The second-order valence-corrected chi connectivity index (χ2v) is 6.76. The molecule has 0 bridgehead atoms. The summed E-state index contributed by atoms with van der Waals surface area (Å²) in [5.74, 6) is 0.314. The molecule has 4 heteroatoms. The molecule has 0 aromatic carbocycles. The standard InChI is InChI=1S/C16H26N2OS/c1-17-13-8-10-14(11-9-13)18(2)16(19)7-3-5-15-6-4-12-20-15/h4,6,12-14,17H,3,5,7-11H2,1-2H3. The highest BCUT2D eigenvalue weighted by atomic mass is 32.1. The number of nitrogens with one attached hydrogen (secondary N) is 1. The summed E-state index contributed by atoms with van der Waals surface area (Å²) in [6.07, 6.45) is 7.33. The fourth-order valence-electron chi connectivity index (χ4n) is 3.00. The summed E-state index contributed by atoms with van der Waals surface area (Å²) in [7, 11) is 4.02. The van der Waals surface area contributed by atoms with E-state index in [-0.39, 0.29) is 0 Å². The first kappa shape index (κ1) is 15.5. The number of hydrogen-bond acceptors (Lipinski definition) is 3. The number of thiophene rings is 1. The topological polar surface area (TPSA) is 32.3 Å². The molecule has 0 aliphatic heterocycles. The number of hydrogen-bond donors (Lipinski definition) is 1. The van der Waals surface area contributed by atoms with Gasteiger partial charge in [0, 0.05) is 30.4 Å². The summed E-state index contributed by atoms with van der Waals surface area (Å²) >= 11 is 1.78. The van der Waals surface area contributed by atoms with Gasteiger partial charge in [-0.25, -0.2) is 0 Å². The summed E-state index contributed by atoms with van der Waals surface area (Å²) < 4.78 is 0. The Morgan fingerprint density at radius 1 is 1.40 bits per heavy atom. The fraction of sp³-hybridized carbons (Fsp3) is 0.688. The van der Waals surface area contributed by atoms with Crippen molar-refractivity contribution in [2.45, 2.75) is 57.0 Å². The highest BCUT2D eigenvalue weighted by Crippen LogP contribution is 2.23. The highest BCUT2D eigenvalue weighted by molar-refractivity contribution is 7.09. The average Bonchev–Trinajstić information content (AvgIpc) is 2.99. The van der Waals surface area contributed by atoms with Crippen molar-refractivity contribution in [3.8, 4) is 0 Å². The Bertz CT molecular complexity index is 397. The molecule has 1 heterocycles. The van der Waals surface area contributed by atoms with Gasteiger partial charge in [-0.2, -0.15) is 0 Å². The zero-order chi connectivity index (χ0) is 14.4. The first-order valence-electron chi connectivity index (χ1n) is 7.66. The number of aryl methyl sites for hydroxylation is 1. The minimum Gasteiger partial charge on any atom is -0.343 e. The number of carbonyl (C=O) groups excluding carboxylic acids is 1. The molecule has 0 saturated heterocycles. The Morgan fingerprint density at radius 3 is 2.75 bits per heavy atom. The molecule has 1 saturated carbocycles. The summed E-state index contributed by atoms with van der Waals surface area (Å²) in [4.78, 5) is 15.6. The molecule has 2 rings (SSSR count). The highest BCUT2D eigenvalue weighted by Gasteiger charge is 2.25. The summed E-state index contributed by atoms with van der Waals surface area (Å²) in [5, 5.41) is 5.44. The van der Waals surface area contributed by atoms with E-state index in [4.69, 9.17) is 0 Å². The fourth-order valence-corrected chi connectivity index (χ4v) is 3.75. The van der Waals surface area contributed by atoms with E-state index in [0.717, 1.165) is 25.7 Å². The second-order valence-electron chi connectivity index (χ2n) is 5.73. The van der Waals surface area contributed by atoms with E-state index in [1.165, 1.54) is 17.7 Å². The third-order valence-electron chi connectivity index (χ3n) is 4.44. The van der Waals surface area contributed by atoms with E-state index in [1.54, 1.807) is 11.3 Å². The van der Waals surface area contributed by atoms with E-state index in [0.29, 0.717) is 24.4 Å². The molecule has 0 spiro atoms. The summed E-state index contributed by atoms with van der Waals surface area (Å²) in [6, 6.07) is 5.33. The van der Waals surface area contributed by atoms with Gasteiger partial charge in [-0.05, 0) is 57.0 Å². The van der Waals surface area contributed by atoms with Crippen LogP contribution in [-0.2, 0) is 11.2 Å². The minimum atomic E-state index is 0.314. The molecule has 1 aliphatic rings. The Balaban J connectivity index is 1.69. The molecule has 1 aromatic heterocycles. The van der Waals surface area contributed by atoms with Crippen LogP contribution in [-0.4, -0.2) is 37.0 Å². The molecule has 1 aliphatic carbocycles. The SMILES string of the molecule is CNC1CCC(N(C)C(=O)CCCc2cccs2)CC1. The lowest BCUT2D eigenvalue weighted by Crippen LogP contribution is -2.42. The van der Waals surface area contributed by atoms with Crippen LogP contribution < -0.4 is 5.32 Å². The van der Waals surface area contributed by atoms with Crippen molar-refractivity contribution in [1.82, 2.24) is 10.2 Å². The van der Waals surface area contributed by atoms with E-state index in [2.05, 4.69) is 22.8 Å². The van der Waals surface area contributed by atoms with Crippen LogP contribution in [0.2, 0.25) is 0 Å². The van der Waals surface area contributed by atoms with Crippen LogP contribution in [0.15, 0.2) is 17.5 Å². The molecule has 1 aromatic rings. The van der Waals surface area contributed by atoms with E-state index >= 15 is 0 Å². The van der Waals surface area contributed by atoms with Crippen LogP contribution in [0.5, 0.6) is 0 Å². The van der Waals surface area contributed by atoms with E-state index in [1.807, 2.05) is 19.0 Å². The Hall–Kier alpha value is -0.870. The average molecular weight is 294 g/mol. The molecule has 0 atom stereocenters. The van der Waals surface area contributed by atoms with Gasteiger partial charge >= 0.3 is 0 Å². The van der Waals surface area contributed by atoms with Crippen LogP contribution in [0, 0.1) is 0 Å². The Kier molecular flexibility index (Phi) is 6.05. The predicted molar refractivity (Wildman–Crippen MR) is 85.1 cm³/mol. The van der Waals surface area contributed by atoms with Gasteiger partial charge in [-0.3, -0.25) is 4.79 Å². The van der Waals surface area contributed by atoms with Crippen molar-refractivity contribution >= 4 is 17.2 Å². The summed E-state index contributed by atoms with van der Waals surface area (Å²) in [6.45, 7) is 0. The van der Waals surface area contributed by atoms with Crippen molar-refractivity contribution < 1.29 is 4.79 Å². The summed E-state index contributed by atoms with van der Waals surface area (Å²) in [5.41, 5.74) is 0. The first-order valence-corrected chi connectivity index (χ1v) is 8.54. The quantitative estimate of drug-likeness (QED) is 0.874. The van der Waals surface area contributed by atoms with E-state index in [9.17, 15) is 4.79 Å². The van der Waals surface area contributed by atoms with Crippen molar-refractivity contribution in [3.63, 3.8) is 0 Å². The van der Waals surface area contributed by atoms with Gasteiger partial charge in [0.2, 0.25) is 5.91 Å². The molecule has 1 fully saturated rings. The van der Waals surface area contributed by atoms with Gasteiger partial charge in [-0.1, -0.05) is 6.07 Å². The van der Waals surface area contributed by atoms with Crippen molar-refractivity contribution in [2.24, 2.45) is 0 Å². The van der Waals surface area contributed by atoms with Crippen LogP contribution in [0.1, 0.15) is 43.4 Å². The molecule has 1 amide bonds. The zero-order valence-electron chi connectivity index (χ0n) is 12.6. The van der Waals surface area contributed by atoms with Crippen molar-refractivity contribution in [3.05, 3.63) is 22.4 Å². The maximum absolute atomic E-state index is 12.2. The molecule has 112 valence electrons. The van der Waals surface area contributed by atoms with Crippen LogP contribution in [0.25, 0.3) is 0 Å². The monoisotopic (exact) mass is 294 g/mol. The zero-order valence-corrected chi connectivity index (χ0v) is 13.4. The van der Waals surface area contributed by atoms with Gasteiger partial charge in [-0.15, -0.1) is 11.3 Å². The Labute approximate surface area is 126 Å². The molecular formula is C16H26N2OS. The smallest absolute Gasteiger partial charge is 0.222 e. The number of nitrogens with zero attached hydrogens (tertiary/aromatic N) is 1. The number of rotatable bonds is 6. The van der Waals surface area contributed by atoms with Gasteiger partial charge in [0.1, 0.15) is 0 Å². The predicted octanol–water partition coefficient (Wildman–Crippen LogP) is 3.06. The maximum Gasteiger partial charge on any atom is 0.222 e. The molecular weight excluding hydrogens is 268 g/mol. The number of carbonyl (C=O) groups is 1. The van der Waals surface area contributed by atoms with Crippen molar-refractivity contribution in [2.75, 3.05) is 14.1 Å². The molecule has 3 nitrogen and oxygen atoms in total. The van der Waals surface area contributed by atoms with Gasteiger partial charge in [0.15, 0.2) is 0 Å². The van der Waals surface area contributed by atoms with Gasteiger partial charge in [0.25, 0.3) is 0 Å². The van der Waals surface area contributed by atoms with Gasteiger partial charge < -0.3 is 10.2 Å². The van der Waals surface area contributed by atoms with Crippen LogP contribution in [0.3, 0.4) is 0 Å². The first-order chi connectivity index (χ1) is 9.70. The van der Waals surface area contributed by atoms with Crippen LogP contribution in [0.4, 0.5) is 0 Å². The lowest BCUT2D eigenvalue weighted by atomic mass is 9.90. The molecule has 0 unspecified atom stereocenters. The Morgan fingerprint density at radius 2 is 2.15 bits per heavy atom. The number of amides is 1.